The third-order valence-electron chi connectivity index (χ3n) is 3.85. The summed E-state index contributed by atoms with van der Waals surface area (Å²) in [7, 11) is 4.13. The van der Waals surface area contributed by atoms with Gasteiger partial charge in [-0.2, -0.15) is 0 Å². The van der Waals surface area contributed by atoms with Crippen LogP contribution in [-0.2, 0) is 11.2 Å². The summed E-state index contributed by atoms with van der Waals surface area (Å²) in [5.41, 5.74) is 2.25. The number of aromatic nitrogens is 1. The fourth-order valence-corrected chi connectivity index (χ4v) is 2.55. The molecule has 0 amide bonds. The van der Waals surface area contributed by atoms with E-state index in [0.29, 0.717) is 13.2 Å². The summed E-state index contributed by atoms with van der Waals surface area (Å²) in [6.07, 6.45) is 2.96. The molecule has 0 aliphatic carbocycles. The SMILES string of the molecule is CN(C)CCc1cn(C(=O)C2COC2)c2ccccc12. The number of hydrogen-bond acceptors (Lipinski definition) is 3. The van der Waals surface area contributed by atoms with E-state index in [1.54, 1.807) is 0 Å². The maximum Gasteiger partial charge on any atom is 0.238 e. The number of para-hydroxylation sites is 1. The van der Waals surface area contributed by atoms with E-state index in [4.69, 9.17) is 4.74 Å². The van der Waals surface area contributed by atoms with Crippen molar-refractivity contribution >= 4 is 16.8 Å². The van der Waals surface area contributed by atoms with Gasteiger partial charge in [0.2, 0.25) is 5.91 Å². The minimum absolute atomic E-state index is 0.0208. The van der Waals surface area contributed by atoms with Crippen LogP contribution in [0.25, 0.3) is 10.9 Å². The minimum atomic E-state index is 0.0208. The maximum absolute atomic E-state index is 12.5. The first-order valence-electron chi connectivity index (χ1n) is 7.02. The molecule has 2 aromatic rings. The van der Waals surface area contributed by atoms with Gasteiger partial charge in [-0.15, -0.1) is 0 Å². The Hall–Kier alpha value is -1.65. The Balaban J connectivity index is 1.97. The van der Waals surface area contributed by atoms with E-state index < -0.39 is 0 Å². The summed E-state index contributed by atoms with van der Waals surface area (Å²) in [5, 5.41) is 1.18. The predicted octanol–water partition coefficient (Wildman–Crippen LogP) is 2.03. The molecule has 0 atom stereocenters. The van der Waals surface area contributed by atoms with Crippen LogP contribution in [0.4, 0.5) is 0 Å². The third kappa shape index (κ3) is 2.37. The Kier molecular flexibility index (Phi) is 3.59. The van der Waals surface area contributed by atoms with Crippen LogP contribution in [0.5, 0.6) is 0 Å². The molecule has 3 rings (SSSR count). The highest BCUT2D eigenvalue weighted by atomic mass is 16.5. The van der Waals surface area contributed by atoms with Gasteiger partial charge in [-0.25, -0.2) is 0 Å². The van der Waals surface area contributed by atoms with E-state index in [0.717, 1.165) is 18.5 Å². The van der Waals surface area contributed by atoms with Gasteiger partial charge in [0.1, 0.15) is 0 Å². The van der Waals surface area contributed by atoms with Crippen LogP contribution in [0, 0.1) is 5.92 Å². The van der Waals surface area contributed by atoms with Crippen molar-refractivity contribution in [3.8, 4) is 0 Å². The van der Waals surface area contributed by atoms with Crippen LogP contribution in [0.3, 0.4) is 0 Å². The fraction of sp³-hybridized carbons (Fsp3) is 0.438. The quantitative estimate of drug-likeness (QED) is 0.854. The minimum Gasteiger partial charge on any atom is -0.380 e. The highest BCUT2D eigenvalue weighted by Gasteiger charge is 2.28. The van der Waals surface area contributed by atoms with Crippen LogP contribution in [0.1, 0.15) is 10.4 Å². The number of rotatable bonds is 4. The predicted molar refractivity (Wildman–Crippen MR) is 79.1 cm³/mol. The van der Waals surface area contributed by atoms with Gasteiger partial charge in [-0.1, -0.05) is 18.2 Å². The Morgan fingerprint density at radius 2 is 2.10 bits per heavy atom. The van der Waals surface area contributed by atoms with Crippen LogP contribution in [0.15, 0.2) is 30.5 Å². The summed E-state index contributed by atoms with van der Waals surface area (Å²) in [5.74, 6) is 0.177. The topological polar surface area (TPSA) is 34.5 Å². The Labute approximate surface area is 118 Å². The molecule has 1 aromatic carbocycles. The largest absolute Gasteiger partial charge is 0.380 e. The smallest absolute Gasteiger partial charge is 0.238 e. The molecule has 0 saturated carbocycles. The molecule has 0 spiro atoms. The van der Waals surface area contributed by atoms with Gasteiger partial charge in [-0.3, -0.25) is 9.36 Å². The molecular formula is C16H20N2O2. The van der Waals surface area contributed by atoms with Gasteiger partial charge in [0.15, 0.2) is 0 Å². The van der Waals surface area contributed by atoms with Crippen LogP contribution in [0.2, 0.25) is 0 Å². The van der Waals surface area contributed by atoms with Gasteiger partial charge in [0.05, 0.1) is 24.6 Å². The molecule has 0 bridgehead atoms. The monoisotopic (exact) mass is 272 g/mol. The number of ether oxygens (including phenoxy) is 1. The maximum atomic E-state index is 12.5. The van der Waals surface area contributed by atoms with Gasteiger partial charge in [-0.05, 0) is 32.1 Å². The first-order valence-corrected chi connectivity index (χ1v) is 7.02. The lowest BCUT2D eigenvalue weighted by molar-refractivity contribution is -0.0235. The van der Waals surface area contributed by atoms with E-state index in [2.05, 4.69) is 25.1 Å². The highest BCUT2D eigenvalue weighted by molar-refractivity contribution is 5.95. The van der Waals surface area contributed by atoms with Gasteiger partial charge >= 0.3 is 0 Å². The second-order valence-electron chi connectivity index (χ2n) is 5.67. The standard InChI is InChI=1S/C16H20N2O2/c1-17(2)8-7-12-9-18(16(19)13-10-20-11-13)15-6-4-3-5-14(12)15/h3-6,9,13H,7-8,10-11H2,1-2H3. The van der Waals surface area contributed by atoms with E-state index in [-0.39, 0.29) is 11.8 Å². The Morgan fingerprint density at radius 1 is 1.35 bits per heavy atom. The summed E-state index contributed by atoms with van der Waals surface area (Å²) in [4.78, 5) is 14.6. The van der Waals surface area contributed by atoms with Crippen molar-refractivity contribution in [2.24, 2.45) is 5.92 Å². The molecule has 1 aliphatic heterocycles. The molecule has 1 aliphatic rings. The highest BCUT2D eigenvalue weighted by Crippen LogP contribution is 2.24. The van der Waals surface area contributed by atoms with Gasteiger partial charge < -0.3 is 9.64 Å². The Morgan fingerprint density at radius 3 is 2.75 bits per heavy atom. The van der Waals surface area contributed by atoms with Gasteiger partial charge in [0.25, 0.3) is 0 Å². The molecule has 1 saturated heterocycles. The number of benzene rings is 1. The third-order valence-corrected chi connectivity index (χ3v) is 3.85. The van der Waals surface area contributed by atoms with Crippen LogP contribution >= 0.6 is 0 Å². The average Bonchev–Trinajstić information content (AvgIpc) is 2.73. The van der Waals surface area contributed by atoms with E-state index in [9.17, 15) is 4.79 Å². The molecule has 106 valence electrons. The normalized spacial score (nSPS) is 15.8. The van der Waals surface area contributed by atoms with Crippen LogP contribution < -0.4 is 0 Å². The summed E-state index contributed by atoms with van der Waals surface area (Å²) in [6, 6.07) is 8.13. The summed E-state index contributed by atoms with van der Waals surface area (Å²) < 4.78 is 6.95. The van der Waals surface area contributed by atoms with Crippen molar-refractivity contribution in [2.75, 3.05) is 33.9 Å². The zero-order valence-electron chi connectivity index (χ0n) is 12.0. The van der Waals surface area contributed by atoms with Crippen molar-refractivity contribution in [2.45, 2.75) is 6.42 Å². The van der Waals surface area contributed by atoms with E-state index in [1.807, 2.05) is 29.0 Å². The van der Waals surface area contributed by atoms with Gasteiger partial charge in [0, 0.05) is 18.1 Å². The number of hydrogen-bond donors (Lipinski definition) is 0. The zero-order chi connectivity index (χ0) is 14.1. The lowest BCUT2D eigenvalue weighted by Crippen LogP contribution is -2.37. The van der Waals surface area contributed by atoms with E-state index >= 15 is 0 Å². The molecular weight excluding hydrogens is 252 g/mol. The van der Waals surface area contributed by atoms with Crippen LogP contribution in [-0.4, -0.2) is 49.2 Å². The zero-order valence-corrected chi connectivity index (χ0v) is 12.0. The van der Waals surface area contributed by atoms with Crippen molar-refractivity contribution in [1.29, 1.82) is 0 Å². The molecule has 20 heavy (non-hydrogen) atoms. The number of nitrogens with zero attached hydrogens (tertiary/aromatic N) is 2. The molecule has 0 N–H and O–H groups in total. The molecule has 1 aromatic heterocycles. The summed E-state index contributed by atoms with van der Waals surface area (Å²) >= 11 is 0. The average molecular weight is 272 g/mol. The van der Waals surface area contributed by atoms with Crippen molar-refractivity contribution in [3.05, 3.63) is 36.0 Å². The molecule has 0 unspecified atom stereocenters. The first-order chi connectivity index (χ1) is 9.66. The number of likely N-dealkylation sites (N-methyl/N-ethyl adjacent to an activating group) is 1. The van der Waals surface area contributed by atoms with E-state index in [1.165, 1.54) is 10.9 Å². The Bertz CT molecular complexity index is 626. The fourth-order valence-electron chi connectivity index (χ4n) is 2.55. The number of fused-ring (bicyclic) bond motifs is 1. The van der Waals surface area contributed by atoms with Crippen molar-refractivity contribution < 1.29 is 9.53 Å². The second-order valence-corrected chi connectivity index (χ2v) is 5.67. The molecule has 0 radical (unpaired) electrons. The lowest BCUT2D eigenvalue weighted by atomic mass is 10.1. The first kappa shape index (κ1) is 13.3. The summed E-state index contributed by atoms with van der Waals surface area (Å²) in [6.45, 7) is 2.09. The molecule has 1 fully saturated rings. The second kappa shape index (κ2) is 5.38. The van der Waals surface area contributed by atoms with Crippen molar-refractivity contribution in [1.82, 2.24) is 9.47 Å². The molecule has 4 heteroatoms. The molecule has 4 nitrogen and oxygen atoms in total. The number of carbonyl (C=O) groups is 1. The molecule has 2 heterocycles. The lowest BCUT2D eigenvalue weighted by Gasteiger charge is -2.24. The number of carbonyl (C=O) groups excluding carboxylic acids is 1. The van der Waals surface area contributed by atoms with Crippen molar-refractivity contribution in [3.63, 3.8) is 0 Å².